The van der Waals surface area contributed by atoms with Crippen molar-refractivity contribution in [3.8, 4) is 0 Å². The molecule has 0 saturated heterocycles. The molecule has 1 atom stereocenters. The second-order valence-corrected chi connectivity index (χ2v) is 8.50. The van der Waals surface area contributed by atoms with Crippen LogP contribution in [0.15, 0.2) is 48.5 Å². The van der Waals surface area contributed by atoms with Crippen LogP contribution in [0.5, 0.6) is 0 Å². The number of hydrogen-bond donors (Lipinski definition) is 1. The SMILES string of the molecule is CCc1ccc(CCC(=O)N(Cc2cccc(C)c2)C(C)C(=O)NCC(C)C)cc1. The van der Waals surface area contributed by atoms with Crippen LogP contribution in [-0.4, -0.2) is 29.3 Å². The summed E-state index contributed by atoms with van der Waals surface area (Å²) in [6.45, 7) is 11.2. The highest BCUT2D eigenvalue weighted by Crippen LogP contribution is 2.15. The molecule has 2 aromatic rings. The zero-order valence-electron chi connectivity index (χ0n) is 19.1. The van der Waals surface area contributed by atoms with Crippen LogP contribution in [0.3, 0.4) is 0 Å². The van der Waals surface area contributed by atoms with Crippen LogP contribution in [0, 0.1) is 12.8 Å². The lowest BCUT2D eigenvalue weighted by atomic mass is 10.0. The molecule has 0 heterocycles. The topological polar surface area (TPSA) is 49.4 Å². The van der Waals surface area contributed by atoms with Crippen molar-refractivity contribution in [1.82, 2.24) is 10.2 Å². The molecule has 1 N–H and O–H groups in total. The van der Waals surface area contributed by atoms with Gasteiger partial charge in [-0.25, -0.2) is 0 Å². The average molecular weight is 409 g/mol. The van der Waals surface area contributed by atoms with Gasteiger partial charge in [-0.15, -0.1) is 0 Å². The molecule has 0 aromatic heterocycles. The molecular weight excluding hydrogens is 372 g/mol. The van der Waals surface area contributed by atoms with E-state index in [1.807, 2.05) is 32.0 Å². The summed E-state index contributed by atoms with van der Waals surface area (Å²) in [7, 11) is 0. The minimum atomic E-state index is -0.515. The van der Waals surface area contributed by atoms with Crippen LogP contribution in [0.2, 0.25) is 0 Å². The normalized spacial score (nSPS) is 11.9. The van der Waals surface area contributed by atoms with Crippen molar-refractivity contribution in [1.29, 1.82) is 0 Å². The molecule has 0 spiro atoms. The fraction of sp³-hybridized carbons (Fsp3) is 0.462. The fourth-order valence-corrected chi connectivity index (χ4v) is 3.38. The van der Waals surface area contributed by atoms with E-state index in [2.05, 4.69) is 56.4 Å². The maximum Gasteiger partial charge on any atom is 0.242 e. The Balaban J connectivity index is 2.11. The number of carbonyl (C=O) groups excluding carboxylic acids is 2. The largest absolute Gasteiger partial charge is 0.354 e. The van der Waals surface area contributed by atoms with Crippen LogP contribution in [0.4, 0.5) is 0 Å². The van der Waals surface area contributed by atoms with E-state index in [1.165, 1.54) is 5.56 Å². The van der Waals surface area contributed by atoms with E-state index in [0.717, 1.165) is 23.1 Å². The Morgan fingerprint density at radius 1 is 0.967 bits per heavy atom. The maximum absolute atomic E-state index is 13.2. The van der Waals surface area contributed by atoms with Crippen LogP contribution in [0.1, 0.15) is 56.4 Å². The first kappa shape index (κ1) is 23.7. The van der Waals surface area contributed by atoms with Crippen molar-refractivity contribution < 1.29 is 9.59 Å². The summed E-state index contributed by atoms with van der Waals surface area (Å²) in [5.74, 6) is 0.272. The zero-order valence-corrected chi connectivity index (χ0v) is 19.1. The van der Waals surface area contributed by atoms with Gasteiger partial charge >= 0.3 is 0 Å². The van der Waals surface area contributed by atoms with Crippen molar-refractivity contribution >= 4 is 11.8 Å². The lowest BCUT2D eigenvalue weighted by Gasteiger charge is -2.29. The number of nitrogens with one attached hydrogen (secondary N) is 1. The van der Waals surface area contributed by atoms with Crippen LogP contribution in [-0.2, 0) is 29.0 Å². The maximum atomic E-state index is 13.2. The van der Waals surface area contributed by atoms with E-state index >= 15 is 0 Å². The summed E-state index contributed by atoms with van der Waals surface area (Å²) < 4.78 is 0. The van der Waals surface area contributed by atoms with Gasteiger partial charge in [0.2, 0.25) is 11.8 Å². The van der Waals surface area contributed by atoms with Gasteiger partial charge in [0.05, 0.1) is 0 Å². The standard InChI is InChI=1S/C26H36N2O2/c1-6-22-10-12-23(13-11-22)14-15-25(29)28(18-24-9-7-8-20(4)16-24)21(5)26(30)27-17-19(2)3/h7-13,16,19,21H,6,14-15,17-18H2,1-5H3,(H,27,30). The fourth-order valence-electron chi connectivity index (χ4n) is 3.38. The van der Waals surface area contributed by atoms with Crippen molar-refractivity contribution in [2.24, 2.45) is 5.92 Å². The summed E-state index contributed by atoms with van der Waals surface area (Å²) in [6, 6.07) is 16.0. The third kappa shape index (κ3) is 7.33. The van der Waals surface area contributed by atoms with Gasteiger partial charge in [0.15, 0.2) is 0 Å². The highest BCUT2D eigenvalue weighted by molar-refractivity contribution is 5.87. The number of aryl methyl sites for hydroxylation is 3. The predicted molar refractivity (Wildman–Crippen MR) is 123 cm³/mol. The van der Waals surface area contributed by atoms with Gasteiger partial charge in [-0.3, -0.25) is 9.59 Å². The van der Waals surface area contributed by atoms with E-state index in [0.29, 0.717) is 31.8 Å². The van der Waals surface area contributed by atoms with Crippen molar-refractivity contribution in [3.63, 3.8) is 0 Å². The first-order valence-corrected chi connectivity index (χ1v) is 11.0. The van der Waals surface area contributed by atoms with Gasteiger partial charge in [-0.05, 0) is 49.3 Å². The van der Waals surface area contributed by atoms with Gasteiger partial charge in [-0.1, -0.05) is 74.9 Å². The number of rotatable bonds is 10. The Kier molecular flexibility index (Phi) is 9.10. The Hall–Kier alpha value is -2.62. The second kappa shape index (κ2) is 11.5. The molecule has 4 nitrogen and oxygen atoms in total. The van der Waals surface area contributed by atoms with E-state index in [-0.39, 0.29) is 11.8 Å². The predicted octanol–water partition coefficient (Wildman–Crippen LogP) is 4.68. The molecule has 2 rings (SSSR count). The number of hydrogen-bond acceptors (Lipinski definition) is 2. The van der Waals surface area contributed by atoms with Gasteiger partial charge in [0.1, 0.15) is 6.04 Å². The summed E-state index contributed by atoms with van der Waals surface area (Å²) in [6.07, 6.45) is 2.07. The van der Waals surface area contributed by atoms with Crippen molar-refractivity contribution in [3.05, 3.63) is 70.8 Å². The molecule has 0 fully saturated rings. The van der Waals surface area contributed by atoms with Gasteiger partial charge in [-0.2, -0.15) is 0 Å². The Labute approximate surface area is 181 Å². The van der Waals surface area contributed by atoms with Crippen LogP contribution >= 0.6 is 0 Å². The van der Waals surface area contributed by atoms with Gasteiger partial charge in [0, 0.05) is 19.5 Å². The minimum Gasteiger partial charge on any atom is -0.354 e. The molecule has 0 aliphatic carbocycles. The van der Waals surface area contributed by atoms with Crippen molar-refractivity contribution in [2.45, 2.75) is 66.5 Å². The molecule has 2 amide bonds. The Morgan fingerprint density at radius 2 is 1.63 bits per heavy atom. The number of carbonyl (C=O) groups is 2. The zero-order chi connectivity index (χ0) is 22.1. The third-order valence-corrected chi connectivity index (χ3v) is 5.35. The lowest BCUT2D eigenvalue weighted by Crippen LogP contribution is -2.48. The summed E-state index contributed by atoms with van der Waals surface area (Å²) in [5, 5.41) is 2.97. The molecule has 1 unspecified atom stereocenters. The monoisotopic (exact) mass is 408 g/mol. The smallest absolute Gasteiger partial charge is 0.242 e. The highest BCUT2D eigenvalue weighted by atomic mass is 16.2. The molecule has 0 aliphatic rings. The number of amides is 2. The summed E-state index contributed by atoms with van der Waals surface area (Å²) >= 11 is 0. The van der Waals surface area contributed by atoms with Gasteiger partial charge < -0.3 is 10.2 Å². The highest BCUT2D eigenvalue weighted by Gasteiger charge is 2.26. The molecule has 2 aromatic carbocycles. The Morgan fingerprint density at radius 3 is 2.23 bits per heavy atom. The first-order chi connectivity index (χ1) is 14.3. The minimum absolute atomic E-state index is 0.00303. The van der Waals surface area contributed by atoms with Crippen LogP contribution in [0.25, 0.3) is 0 Å². The Bertz CT molecular complexity index is 827. The molecular formula is C26H36N2O2. The second-order valence-electron chi connectivity index (χ2n) is 8.50. The van der Waals surface area contributed by atoms with E-state index in [1.54, 1.807) is 4.90 Å². The third-order valence-electron chi connectivity index (χ3n) is 5.35. The molecule has 0 bridgehead atoms. The molecule has 162 valence electrons. The molecule has 0 aliphatic heterocycles. The lowest BCUT2D eigenvalue weighted by molar-refractivity contribution is -0.140. The van der Waals surface area contributed by atoms with Crippen molar-refractivity contribution in [2.75, 3.05) is 6.54 Å². The average Bonchev–Trinajstić information content (AvgIpc) is 2.74. The summed E-state index contributed by atoms with van der Waals surface area (Å²) in [5.41, 5.74) is 4.63. The molecule has 0 saturated carbocycles. The van der Waals surface area contributed by atoms with Crippen LogP contribution < -0.4 is 5.32 Å². The van der Waals surface area contributed by atoms with E-state index in [4.69, 9.17) is 0 Å². The summed E-state index contributed by atoms with van der Waals surface area (Å²) in [4.78, 5) is 27.6. The van der Waals surface area contributed by atoms with E-state index in [9.17, 15) is 9.59 Å². The molecule has 30 heavy (non-hydrogen) atoms. The first-order valence-electron chi connectivity index (χ1n) is 11.0. The van der Waals surface area contributed by atoms with Gasteiger partial charge in [0.25, 0.3) is 0 Å². The quantitative estimate of drug-likeness (QED) is 0.620. The number of nitrogens with zero attached hydrogens (tertiary/aromatic N) is 1. The van der Waals surface area contributed by atoms with E-state index < -0.39 is 6.04 Å². The molecule has 0 radical (unpaired) electrons. The molecule has 4 heteroatoms. The number of benzene rings is 2.